The van der Waals surface area contributed by atoms with Crippen LogP contribution in [0.3, 0.4) is 0 Å². The molecule has 4 nitrogen and oxygen atoms in total. The van der Waals surface area contributed by atoms with Crippen LogP contribution in [0.5, 0.6) is 5.75 Å². The number of carbonyl (C=O) groups is 1. The summed E-state index contributed by atoms with van der Waals surface area (Å²) in [5.74, 6) is -0.261. The Labute approximate surface area is 145 Å². The molecule has 0 bridgehead atoms. The molecule has 1 aliphatic carbocycles. The number of fused-ring (bicyclic) bond motifs is 1. The number of halogens is 1. The third-order valence-electron chi connectivity index (χ3n) is 4.46. The standard InChI is InChI=1S/C18H21FN2O2S/c1-11-20-14-5-4-6-15(18(14)24-11)21(2)17(22)10-12-7-8-16(23-3)13(19)9-12/h7-9,15H,4-6,10H2,1-3H3/t15-/m1/s1. The maximum Gasteiger partial charge on any atom is 0.227 e. The highest BCUT2D eigenvalue weighted by Crippen LogP contribution is 2.37. The Bertz CT molecular complexity index is 759. The lowest BCUT2D eigenvalue weighted by molar-refractivity contribution is -0.131. The third kappa shape index (κ3) is 3.29. The van der Waals surface area contributed by atoms with Crippen molar-refractivity contribution in [1.29, 1.82) is 0 Å². The molecule has 1 amide bonds. The molecule has 1 aromatic heterocycles. The molecular formula is C18H21FN2O2S. The van der Waals surface area contributed by atoms with Crippen LogP contribution in [0.15, 0.2) is 18.2 Å². The molecule has 0 spiro atoms. The van der Waals surface area contributed by atoms with E-state index in [-0.39, 0.29) is 24.1 Å². The highest BCUT2D eigenvalue weighted by Gasteiger charge is 2.29. The fraction of sp³-hybridized carbons (Fsp3) is 0.444. The van der Waals surface area contributed by atoms with Crippen molar-refractivity contribution in [3.8, 4) is 5.75 Å². The van der Waals surface area contributed by atoms with E-state index in [1.54, 1.807) is 28.4 Å². The predicted octanol–water partition coefficient (Wildman–Crippen LogP) is 3.68. The lowest BCUT2D eigenvalue weighted by Crippen LogP contribution is -2.33. The van der Waals surface area contributed by atoms with Crippen LogP contribution < -0.4 is 4.74 Å². The number of rotatable bonds is 4. The summed E-state index contributed by atoms with van der Waals surface area (Å²) in [5, 5.41) is 1.05. The van der Waals surface area contributed by atoms with Gasteiger partial charge in [-0.3, -0.25) is 4.79 Å². The first-order valence-electron chi connectivity index (χ1n) is 8.04. The van der Waals surface area contributed by atoms with Gasteiger partial charge in [0, 0.05) is 7.05 Å². The Kier molecular flexibility index (Phi) is 4.85. The minimum atomic E-state index is -0.441. The minimum Gasteiger partial charge on any atom is -0.494 e. The van der Waals surface area contributed by atoms with Crippen LogP contribution in [0.1, 0.15) is 40.0 Å². The third-order valence-corrected chi connectivity index (χ3v) is 5.58. The number of ether oxygens (including phenoxy) is 1. The number of amides is 1. The average molecular weight is 348 g/mol. The van der Waals surface area contributed by atoms with Gasteiger partial charge in [-0.1, -0.05) is 6.07 Å². The van der Waals surface area contributed by atoms with E-state index in [4.69, 9.17) is 4.74 Å². The second kappa shape index (κ2) is 6.89. The Hall–Kier alpha value is -1.95. The number of aromatic nitrogens is 1. The van der Waals surface area contributed by atoms with E-state index in [0.717, 1.165) is 30.0 Å². The maximum absolute atomic E-state index is 13.8. The minimum absolute atomic E-state index is 0.0107. The predicted molar refractivity (Wildman–Crippen MR) is 92.0 cm³/mol. The van der Waals surface area contributed by atoms with Crippen molar-refractivity contribution in [2.24, 2.45) is 0 Å². The summed E-state index contributed by atoms with van der Waals surface area (Å²) in [6, 6.07) is 4.74. The Morgan fingerprint density at radius 2 is 2.29 bits per heavy atom. The zero-order chi connectivity index (χ0) is 17.3. The van der Waals surface area contributed by atoms with Crippen LogP contribution in [0.4, 0.5) is 4.39 Å². The Balaban J connectivity index is 1.75. The van der Waals surface area contributed by atoms with Gasteiger partial charge in [0.05, 0.1) is 35.2 Å². The first-order chi connectivity index (χ1) is 11.5. The topological polar surface area (TPSA) is 42.4 Å². The number of nitrogens with zero attached hydrogens (tertiary/aromatic N) is 2. The molecule has 2 aromatic rings. The van der Waals surface area contributed by atoms with E-state index in [1.807, 2.05) is 14.0 Å². The van der Waals surface area contributed by atoms with Gasteiger partial charge in [0.1, 0.15) is 0 Å². The molecule has 24 heavy (non-hydrogen) atoms. The molecule has 6 heteroatoms. The van der Waals surface area contributed by atoms with Gasteiger partial charge in [-0.25, -0.2) is 9.37 Å². The van der Waals surface area contributed by atoms with Gasteiger partial charge in [0.2, 0.25) is 5.91 Å². The molecule has 0 radical (unpaired) electrons. The SMILES string of the molecule is COc1ccc(CC(=O)N(C)[C@@H]2CCCc3nc(C)sc32)cc1F. The number of methoxy groups -OCH3 is 1. The van der Waals surface area contributed by atoms with Gasteiger partial charge in [0.15, 0.2) is 11.6 Å². The summed E-state index contributed by atoms with van der Waals surface area (Å²) in [4.78, 5) is 20.2. The van der Waals surface area contributed by atoms with Crippen molar-refractivity contribution in [2.75, 3.05) is 14.2 Å². The molecule has 1 aromatic carbocycles. The lowest BCUT2D eigenvalue weighted by Gasteiger charge is -2.30. The molecule has 0 saturated carbocycles. The van der Waals surface area contributed by atoms with Crippen LogP contribution in [-0.4, -0.2) is 29.9 Å². The summed E-state index contributed by atoms with van der Waals surface area (Å²) in [7, 11) is 3.26. The molecule has 0 unspecified atom stereocenters. The smallest absolute Gasteiger partial charge is 0.227 e. The van der Waals surface area contributed by atoms with Crippen LogP contribution in [0, 0.1) is 12.7 Å². The van der Waals surface area contributed by atoms with E-state index in [0.29, 0.717) is 5.56 Å². The molecular weight excluding hydrogens is 327 g/mol. The van der Waals surface area contributed by atoms with Crippen LogP contribution >= 0.6 is 11.3 Å². The molecule has 3 rings (SSSR count). The first kappa shape index (κ1) is 16.9. The summed E-state index contributed by atoms with van der Waals surface area (Å²) in [5.41, 5.74) is 1.78. The van der Waals surface area contributed by atoms with Gasteiger partial charge in [-0.05, 0) is 43.9 Å². The molecule has 128 valence electrons. The van der Waals surface area contributed by atoms with Crippen molar-refractivity contribution >= 4 is 17.2 Å². The van der Waals surface area contributed by atoms with E-state index < -0.39 is 5.82 Å². The van der Waals surface area contributed by atoms with E-state index in [9.17, 15) is 9.18 Å². The van der Waals surface area contributed by atoms with Gasteiger partial charge in [0.25, 0.3) is 0 Å². The Morgan fingerprint density at radius 3 is 3.00 bits per heavy atom. The van der Waals surface area contributed by atoms with Gasteiger partial charge >= 0.3 is 0 Å². The quantitative estimate of drug-likeness (QED) is 0.846. The normalized spacial score (nSPS) is 16.6. The van der Waals surface area contributed by atoms with Crippen molar-refractivity contribution in [3.05, 3.63) is 45.2 Å². The van der Waals surface area contributed by atoms with Gasteiger partial charge < -0.3 is 9.64 Å². The average Bonchev–Trinajstić information content (AvgIpc) is 2.94. The fourth-order valence-electron chi connectivity index (χ4n) is 3.18. The molecule has 1 heterocycles. The summed E-state index contributed by atoms with van der Waals surface area (Å²) in [6.45, 7) is 2.00. The summed E-state index contributed by atoms with van der Waals surface area (Å²) < 4.78 is 18.7. The number of carbonyl (C=O) groups excluding carboxylic acids is 1. The first-order valence-corrected chi connectivity index (χ1v) is 8.85. The van der Waals surface area contributed by atoms with E-state index in [2.05, 4.69) is 4.98 Å². The zero-order valence-corrected chi connectivity index (χ0v) is 15.0. The van der Waals surface area contributed by atoms with Gasteiger partial charge in [-0.2, -0.15) is 0 Å². The van der Waals surface area contributed by atoms with Crippen molar-refractivity contribution < 1.29 is 13.9 Å². The summed E-state index contributed by atoms with van der Waals surface area (Å²) in [6.07, 6.45) is 3.16. The second-order valence-electron chi connectivity index (χ2n) is 6.10. The number of aryl methyl sites for hydroxylation is 2. The summed E-state index contributed by atoms with van der Waals surface area (Å²) >= 11 is 1.68. The lowest BCUT2D eigenvalue weighted by atomic mass is 9.96. The van der Waals surface area contributed by atoms with Crippen LogP contribution in [0.25, 0.3) is 0 Å². The highest BCUT2D eigenvalue weighted by molar-refractivity contribution is 7.11. The molecule has 1 aliphatic rings. The molecule has 0 N–H and O–H groups in total. The van der Waals surface area contributed by atoms with Crippen molar-refractivity contribution in [2.45, 2.75) is 38.6 Å². The molecule has 1 atom stereocenters. The van der Waals surface area contributed by atoms with Crippen molar-refractivity contribution in [1.82, 2.24) is 9.88 Å². The fourth-order valence-corrected chi connectivity index (χ4v) is 4.33. The molecule has 0 fully saturated rings. The number of hydrogen-bond acceptors (Lipinski definition) is 4. The number of hydrogen-bond donors (Lipinski definition) is 0. The number of likely N-dealkylation sites (N-methyl/N-ethyl adjacent to an activating group) is 1. The second-order valence-corrected chi connectivity index (χ2v) is 7.34. The highest BCUT2D eigenvalue weighted by atomic mass is 32.1. The maximum atomic E-state index is 13.8. The monoisotopic (exact) mass is 348 g/mol. The van der Waals surface area contributed by atoms with Gasteiger partial charge in [-0.15, -0.1) is 11.3 Å². The van der Waals surface area contributed by atoms with E-state index >= 15 is 0 Å². The van der Waals surface area contributed by atoms with Crippen LogP contribution in [0.2, 0.25) is 0 Å². The Morgan fingerprint density at radius 1 is 1.50 bits per heavy atom. The van der Waals surface area contributed by atoms with E-state index in [1.165, 1.54) is 18.1 Å². The molecule has 0 aliphatic heterocycles. The number of benzene rings is 1. The van der Waals surface area contributed by atoms with Crippen LogP contribution in [-0.2, 0) is 17.6 Å². The molecule has 0 saturated heterocycles. The zero-order valence-electron chi connectivity index (χ0n) is 14.1. The van der Waals surface area contributed by atoms with Crippen molar-refractivity contribution in [3.63, 3.8) is 0 Å². The number of thiazole rings is 1. The largest absolute Gasteiger partial charge is 0.494 e.